The molecule has 0 aliphatic heterocycles. The zero-order valence-corrected chi connectivity index (χ0v) is 28.5. The summed E-state index contributed by atoms with van der Waals surface area (Å²) >= 11 is 0. The second kappa shape index (κ2) is 27.8. The van der Waals surface area contributed by atoms with E-state index in [9.17, 15) is 13.2 Å². The summed E-state index contributed by atoms with van der Waals surface area (Å²) in [5, 5.41) is 8.61. The topological polar surface area (TPSA) is 108 Å². The molecule has 0 aromatic rings. The lowest BCUT2D eigenvalue weighted by molar-refractivity contribution is -0.137. The van der Waals surface area contributed by atoms with E-state index in [1.807, 2.05) is 0 Å². The molecule has 0 radical (unpaired) electrons. The third-order valence-corrected chi connectivity index (χ3v) is 10.1. The summed E-state index contributed by atoms with van der Waals surface area (Å²) in [6.07, 6.45) is 16.7. The van der Waals surface area contributed by atoms with Crippen molar-refractivity contribution < 1.29 is 36.7 Å². The molecule has 0 aliphatic carbocycles. The van der Waals surface area contributed by atoms with Crippen molar-refractivity contribution in [3.05, 3.63) is 0 Å². The molecule has 0 saturated carbocycles. The quantitative estimate of drug-likeness (QED) is 0.0574. The number of hydrogen-bond acceptors (Lipinski definition) is 7. The predicted molar refractivity (Wildman–Crippen MR) is 172 cm³/mol. The molecular formula is C33H66O8S. The standard InChI is InChI=1S/C33H66O8S/c1-5-9-19-31(41-42(36,37)33(22-10-6-2,23-11-7-3)24-12-8-4)20-15-13-17-25-38-27-29-40-30-28-39-26-18-14-16-21-32(34)35/h31H,5-30H2,1-4H3,(H,34,35). The molecule has 1 atom stereocenters. The fourth-order valence-corrected chi connectivity index (χ4v) is 7.09. The van der Waals surface area contributed by atoms with Gasteiger partial charge in [0.2, 0.25) is 0 Å². The zero-order chi connectivity index (χ0) is 31.4. The Balaban J connectivity index is 4.36. The van der Waals surface area contributed by atoms with Crippen LogP contribution in [-0.2, 0) is 33.3 Å². The number of carboxylic acid groups (broad SMARTS) is 1. The minimum Gasteiger partial charge on any atom is -0.481 e. The van der Waals surface area contributed by atoms with Gasteiger partial charge in [-0.25, -0.2) is 0 Å². The average molecular weight is 623 g/mol. The lowest BCUT2D eigenvalue weighted by Crippen LogP contribution is -2.42. The summed E-state index contributed by atoms with van der Waals surface area (Å²) in [4.78, 5) is 10.5. The number of carbonyl (C=O) groups is 1. The van der Waals surface area contributed by atoms with Crippen LogP contribution in [0.25, 0.3) is 0 Å². The summed E-state index contributed by atoms with van der Waals surface area (Å²) in [7, 11) is -3.67. The van der Waals surface area contributed by atoms with Gasteiger partial charge in [0.1, 0.15) is 0 Å². The van der Waals surface area contributed by atoms with Crippen LogP contribution in [0.2, 0.25) is 0 Å². The van der Waals surface area contributed by atoms with Gasteiger partial charge < -0.3 is 19.3 Å². The molecule has 8 nitrogen and oxygen atoms in total. The molecule has 9 heteroatoms. The van der Waals surface area contributed by atoms with Gasteiger partial charge in [-0.1, -0.05) is 98.3 Å². The monoisotopic (exact) mass is 622 g/mol. The van der Waals surface area contributed by atoms with Crippen molar-refractivity contribution in [2.24, 2.45) is 0 Å². The molecule has 0 fully saturated rings. The number of unbranched alkanes of at least 4 members (excludes halogenated alkanes) is 8. The Morgan fingerprint density at radius 2 is 1.02 bits per heavy atom. The maximum absolute atomic E-state index is 13.9. The number of rotatable bonds is 33. The Bertz CT molecular complexity index is 691. The second-order valence-electron chi connectivity index (χ2n) is 11.7. The normalized spacial score (nSPS) is 13.0. The minimum atomic E-state index is -3.67. The second-order valence-corrected chi connectivity index (χ2v) is 13.7. The fraction of sp³-hybridized carbons (Fsp3) is 0.970. The van der Waals surface area contributed by atoms with E-state index in [4.69, 9.17) is 23.5 Å². The largest absolute Gasteiger partial charge is 0.481 e. The van der Waals surface area contributed by atoms with Crippen molar-refractivity contribution in [3.63, 3.8) is 0 Å². The van der Waals surface area contributed by atoms with Crippen LogP contribution >= 0.6 is 0 Å². The van der Waals surface area contributed by atoms with E-state index in [2.05, 4.69) is 27.7 Å². The van der Waals surface area contributed by atoms with E-state index in [0.29, 0.717) is 65.3 Å². The molecule has 0 aromatic carbocycles. The first-order valence-electron chi connectivity index (χ1n) is 17.2. The van der Waals surface area contributed by atoms with Gasteiger partial charge in [0.05, 0.1) is 37.3 Å². The maximum atomic E-state index is 13.9. The SMILES string of the molecule is CCCCC(CCCCCOCCOCCOCCCCCC(=O)O)OS(=O)(=O)C(CCCC)(CCCC)CCCC. The van der Waals surface area contributed by atoms with Gasteiger partial charge in [-0.05, 0) is 51.4 Å². The van der Waals surface area contributed by atoms with Crippen LogP contribution in [0.3, 0.4) is 0 Å². The zero-order valence-electron chi connectivity index (χ0n) is 27.7. The minimum absolute atomic E-state index is 0.222. The highest BCUT2D eigenvalue weighted by molar-refractivity contribution is 7.88. The molecule has 42 heavy (non-hydrogen) atoms. The molecule has 0 amide bonds. The number of carboxylic acids is 1. The van der Waals surface area contributed by atoms with Crippen molar-refractivity contribution in [1.29, 1.82) is 0 Å². The van der Waals surface area contributed by atoms with E-state index in [1.54, 1.807) is 0 Å². The van der Waals surface area contributed by atoms with Gasteiger partial charge in [-0.3, -0.25) is 8.98 Å². The number of ether oxygens (including phenoxy) is 3. The summed E-state index contributed by atoms with van der Waals surface area (Å²) < 4.78 is 49.8. The van der Waals surface area contributed by atoms with Gasteiger partial charge in [-0.15, -0.1) is 0 Å². The highest BCUT2D eigenvalue weighted by Crippen LogP contribution is 2.38. The van der Waals surface area contributed by atoms with Crippen molar-refractivity contribution in [1.82, 2.24) is 0 Å². The van der Waals surface area contributed by atoms with Crippen LogP contribution in [0.15, 0.2) is 0 Å². The lowest BCUT2D eigenvalue weighted by atomic mass is 9.90. The molecule has 1 unspecified atom stereocenters. The first kappa shape index (κ1) is 41.3. The average Bonchev–Trinajstić information content (AvgIpc) is 2.96. The molecule has 0 heterocycles. The first-order chi connectivity index (χ1) is 20.3. The van der Waals surface area contributed by atoms with Crippen molar-refractivity contribution >= 4 is 16.1 Å². The van der Waals surface area contributed by atoms with Crippen LogP contribution < -0.4 is 0 Å². The maximum Gasteiger partial charge on any atom is 0.303 e. The molecule has 0 rings (SSSR count). The van der Waals surface area contributed by atoms with Gasteiger partial charge in [0.25, 0.3) is 10.1 Å². The van der Waals surface area contributed by atoms with Crippen LogP contribution in [0, 0.1) is 0 Å². The van der Waals surface area contributed by atoms with Crippen LogP contribution in [0.4, 0.5) is 0 Å². The molecule has 0 aliphatic rings. The summed E-state index contributed by atoms with van der Waals surface area (Å²) in [5.41, 5.74) is 0. The Morgan fingerprint density at radius 1 is 0.595 bits per heavy atom. The molecule has 0 bridgehead atoms. The third kappa shape index (κ3) is 21.0. The Kier molecular flexibility index (Phi) is 27.3. The van der Waals surface area contributed by atoms with Gasteiger partial charge >= 0.3 is 5.97 Å². The summed E-state index contributed by atoms with van der Waals surface area (Å²) in [6, 6.07) is 0. The number of hydrogen-bond donors (Lipinski definition) is 1. The van der Waals surface area contributed by atoms with Crippen molar-refractivity contribution in [2.75, 3.05) is 39.6 Å². The Morgan fingerprint density at radius 3 is 1.48 bits per heavy atom. The fourth-order valence-electron chi connectivity index (χ4n) is 5.15. The molecular weight excluding hydrogens is 556 g/mol. The van der Waals surface area contributed by atoms with Gasteiger partial charge in [0, 0.05) is 19.6 Å². The van der Waals surface area contributed by atoms with E-state index in [-0.39, 0.29) is 12.5 Å². The Labute approximate surface area is 259 Å². The van der Waals surface area contributed by atoms with E-state index >= 15 is 0 Å². The smallest absolute Gasteiger partial charge is 0.303 e. The van der Waals surface area contributed by atoms with Crippen LogP contribution in [-0.4, -0.2) is 70.0 Å². The Hall–Kier alpha value is -0.740. The third-order valence-electron chi connectivity index (χ3n) is 7.87. The first-order valence-corrected chi connectivity index (χ1v) is 18.6. The molecule has 0 aromatic heterocycles. The highest BCUT2D eigenvalue weighted by atomic mass is 32.2. The lowest BCUT2D eigenvalue weighted by Gasteiger charge is -2.34. The summed E-state index contributed by atoms with van der Waals surface area (Å²) in [5.74, 6) is -0.746. The van der Waals surface area contributed by atoms with Gasteiger partial charge in [-0.2, -0.15) is 8.42 Å². The van der Waals surface area contributed by atoms with Gasteiger partial charge in [0.15, 0.2) is 0 Å². The molecule has 0 saturated heterocycles. The van der Waals surface area contributed by atoms with E-state index in [0.717, 1.165) is 96.3 Å². The van der Waals surface area contributed by atoms with E-state index < -0.39 is 20.8 Å². The van der Waals surface area contributed by atoms with Crippen molar-refractivity contribution in [3.8, 4) is 0 Å². The molecule has 252 valence electrons. The predicted octanol–water partition coefficient (Wildman–Crippen LogP) is 8.46. The van der Waals surface area contributed by atoms with Crippen LogP contribution in [0.1, 0.15) is 156 Å². The molecule has 0 spiro atoms. The number of aliphatic carboxylic acids is 1. The van der Waals surface area contributed by atoms with Crippen LogP contribution in [0.5, 0.6) is 0 Å². The molecule has 1 N–H and O–H groups in total. The highest BCUT2D eigenvalue weighted by Gasteiger charge is 2.44. The summed E-state index contributed by atoms with van der Waals surface area (Å²) in [6.45, 7) is 12.0. The van der Waals surface area contributed by atoms with Crippen molar-refractivity contribution in [2.45, 2.75) is 167 Å². The van der Waals surface area contributed by atoms with E-state index in [1.165, 1.54) is 0 Å².